The molecule has 0 aliphatic carbocycles. The second-order valence-corrected chi connectivity index (χ2v) is 4.97. The van der Waals surface area contributed by atoms with Gasteiger partial charge in [-0.15, -0.1) is 0 Å². The normalized spacial score (nSPS) is 14.9. The van der Waals surface area contributed by atoms with Gasteiger partial charge < -0.3 is 15.1 Å². The van der Waals surface area contributed by atoms with Crippen LogP contribution in [0.25, 0.3) is 0 Å². The zero-order valence-corrected chi connectivity index (χ0v) is 11.5. The summed E-state index contributed by atoms with van der Waals surface area (Å²) in [5.74, 6) is -0.311. The Labute approximate surface area is 115 Å². The Hall–Kier alpha value is -1.50. The van der Waals surface area contributed by atoms with E-state index in [1.54, 1.807) is 19.9 Å². The number of nitrogens with zero attached hydrogens (tertiary/aromatic N) is 1. The molecule has 1 aromatic heterocycles. The van der Waals surface area contributed by atoms with Gasteiger partial charge in [-0.2, -0.15) is 13.2 Å². The fraction of sp³-hybridized carbons (Fsp3) is 0.615. The van der Waals surface area contributed by atoms with Gasteiger partial charge in [-0.3, -0.25) is 4.79 Å². The smallest absolute Gasteiger partial charge is 0.406 e. The van der Waals surface area contributed by atoms with E-state index < -0.39 is 24.0 Å². The second-order valence-electron chi connectivity index (χ2n) is 4.97. The standard InChI is InChI=1S/C13H19F3N2O2/c1-3-12(2,8-17)11(19)18(9-13(14,15)16)7-10-5-4-6-20-10/h4-6H,3,7-9,17H2,1-2H3. The summed E-state index contributed by atoms with van der Waals surface area (Å²) in [6.45, 7) is 1.75. The highest BCUT2D eigenvalue weighted by Crippen LogP contribution is 2.27. The molecule has 0 saturated heterocycles. The third kappa shape index (κ3) is 4.26. The van der Waals surface area contributed by atoms with Crippen LogP contribution in [0.5, 0.6) is 0 Å². The minimum Gasteiger partial charge on any atom is -0.467 e. The van der Waals surface area contributed by atoms with Gasteiger partial charge in [0.25, 0.3) is 0 Å². The number of hydrogen-bond donors (Lipinski definition) is 1. The van der Waals surface area contributed by atoms with Crippen LogP contribution in [0, 0.1) is 5.41 Å². The van der Waals surface area contributed by atoms with Gasteiger partial charge in [0.1, 0.15) is 12.3 Å². The van der Waals surface area contributed by atoms with E-state index >= 15 is 0 Å². The third-order valence-electron chi connectivity index (χ3n) is 3.33. The van der Waals surface area contributed by atoms with Crippen LogP contribution in [0.3, 0.4) is 0 Å². The summed E-state index contributed by atoms with van der Waals surface area (Å²) in [4.78, 5) is 13.1. The summed E-state index contributed by atoms with van der Waals surface area (Å²) >= 11 is 0. The van der Waals surface area contributed by atoms with E-state index in [-0.39, 0.29) is 13.1 Å². The molecule has 0 bridgehead atoms. The first-order chi connectivity index (χ1) is 9.22. The minimum atomic E-state index is -4.47. The van der Waals surface area contributed by atoms with Gasteiger partial charge in [0.2, 0.25) is 5.91 Å². The first-order valence-electron chi connectivity index (χ1n) is 6.30. The Kier molecular flexibility index (Phi) is 5.21. The number of amides is 1. The SMILES string of the molecule is CCC(C)(CN)C(=O)N(Cc1ccco1)CC(F)(F)F. The number of alkyl halides is 3. The van der Waals surface area contributed by atoms with Crippen molar-refractivity contribution in [2.24, 2.45) is 11.1 Å². The van der Waals surface area contributed by atoms with Crippen LogP contribution < -0.4 is 5.73 Å². The summed E-state index contributed by atoms with van der Waals surface area (Å²) in [6.07, 6.45) is -2.74. The molecule has 1 rings (SSSR count). The molecule has 1 amide bonds. The lowest BCUT2D eigenvalue weighted by Gasteiger charge is -2.33. The molecule has 0 aliphatic heterocycles. The molecule has 0 aliphatic rings. The van der Waals surface area contributed by atoms with Crippen LogP contribution in [-0.4, -0.2) is 30.1 Å². The lowest BCUT2D eigenvalue weighted by molar-refractivity contribution is -0.168. The van der Waals surface area contributed by atoms with Gasteiger partial charge in [0, 0.05) is 6.54 Å². The molecule has 0 aromatic carbocycles. The topological polar surface area (TPSA) is 59.5 Å². The molecule has 2 N–H and O–H groups in total. The van der Waals surface area contributed by atoms with Crippen molar-refractivity contribution >= 4 is 5.91 Å². The molecule has 20 heavy (non-hydrogen) atoms. The summed E-state index contributed by atoms with van der Waals surface area (Å²) < 4.78 is 42.9. The van der Waals surface area contributed by atoms with Gasteiger partial charge in [-0.25, -0.2) is 0 Å². The number of halogens is 3. The molecule has 114 valence electrons. The molecular weight excluding hydrogens is 273 g/mol. The maximum atomic E-state index is 12.6. The van der Waals surface area contributed by atoms with E-state index in [0.29, 0.717) is 12.2 Å². The summed E-state index contributed by atoms with van der Waals surface area (Å²) in [5, 5.41) is 0. The van der Waals surface area contributed by atoms with Crippen molar-refractivity contribution < 1.29 is 22.4 Å². The molecule has 1 aromatic rings. The fourth-order valence-electron chi connectivity index (χ4n) is 1.77. The zero-order valence-electron chi connectivity index (χ0n) is 11.5. The Morgan fingerprint density at radius 2 is 2.10 bits per heavy atom. The lowest BCUT2D eigenvalue weighted by Crippen LogP contribution is -2.48. The van der Waals surface area contributed by atoms with Crippen molar-refractivity contribution in [2.75, 3.05) is 13.1 Å². The number of hydrogen-bond acceptors (Lipinski definition) is 3. The summed E-state index contributed by atoms with van der Waals surface area (Å²) in [6, 6.07) is 3.09. The molecule has 0 radical (unpaired) electrons. The van der Waals surface area contributed by atoms with Crippen molar-refractivity contribution in [3.63, 3.8) is 0 Å². The van der Waals surface area contributed by atoms with E-state index in [9.17, 15) is 18.0 Å². The van der Waals surface area contributed by atoms with Gasteiger partial charge in [-0.1, -0.05) is 6.92 Å². The Morgan fingerprint density at radius 1 is 1.45 bits per heavy atom. The van der Waals surface area contributed by atoms with Crippen LogP contribution >= 0.6 is 0 Å². The van der Waals surface area contributed by atoms with Crippen LogP contribution in [0.2, 0.25) is 0 Å². The second kappa shape index (κ2) is 6.30. The fourth-order valence-corrected chi connectivity index (χ4v) is 1.77. The summed E-state index contributed by atoms with van der Waals surface area (Å²) in [5.41, 5.74) is 4.54. The average molecular weight is 292 g/mol. The maximum absolute atomic E-state index is 12.6. The van der Waals surface area contributed by atoms with E-state index in [2.05, 4.69) is 0 Å². The molecular formula is C13H19F3N2O2. The Bertz CT molecular complexity index is 425. The minimum absolute atomic E-state index is 0.00511. The van der Waals surface area contributed by atoms with Gasteiger partial charge >= 0.3 is 6.18 Å². The predicted octanol–water partition coefficient (Wildman–Crippen LogP) is 2.55. The molecule has 0 spiro atoms. The van der Waals surface area contributed by atoms with Gasteiger partial charge in [0.05, 0.1) is 18.2 Å². The Balaban J connectivity index is 2.95. The molecule has 1 unspecified atom stereocenters. The molecule has 4 nitrogen and oxygen atoms in total. The Morgan fingerprint density at radius 3 is 2.50 bits per heavy atom. The number of rotatable bonds is 6. The van der Waals surface area contributed by atoms with E-state index in [4.69, 9.17) is 10.2 Å². The van der Waals surface area contributed by atoms with E-state index in [0.717, 1.165) is 4.90 Å². The largest absolute Gasteiger partial charge is 0.467 e. The highest BCUT2D eigenvalue weighted by atomic mass is 19.4. The van der Waals surface area contributed by atoms with Gasteiger partial charge in [0.15, 0.2) is 0 Å². The first kappa shape index (κ1) is 16.6. The van der Waals surface area contributed by atoms with Crippen molar-refractivity contribution in [3.05, 3.63) is 24.2 Å². The molecule has 1 heterocycles. The van der Waals surface area contributed by atoms with Crippen LogP contribution in [0.4, 0.5) is 13.2 Å². The number of furan rings is 1. The highest BCUT2D eigenvalue weighted by Gasteiger charge is 2.39. The van der Waals surface area contributed by atoms with Crippen molar-refractivity contribution in [1.82, 2.24) is 4.90 Å². The monoisotopic (exact) mass is 292 g/mol. The van der Waals surface area contributed by atoms with Crippen molar-refractivity contribution in [1.29, 1.82) is 0 Å². The van der Waals surface area contributed by atoms with E-state index in [1.165, 1.54) is 12.3 Å². The van der Waals surface area contributed by atoms with Crippen LogP contribution in [0.1, 0.15) is 26.0 Å². The maximum Gasteiger partial charge on any atom is 0.406 e. The summed E-state index contributed by atoms with van der Waals surface area (Å²) in [7, 11) is 0. The van der Waals surface area contributed by atoms with Crippen LogP contribution in [-0.2, 0) is 11.3 Å². The molecule has 1 atom stereocenters. The van der Waals surface area contributed by atoms with Crippen molar-refractivity contribution in [2.45, 2.75) is 33.0 Å². The number of carbonyl (C=O) groups is 1. The number of carbonyl (C=O) groups excluding carboxylic acids is 1. The first-order valence-corrected chi connectivity index (χ1v) is 6.30. The third-order valence-corrected chi connectivity index (χ3v) is 3.33. The lowest BCUT2D eigenvalue weighted by atomic mass is 9.86. The quantitative estimate of drug-likeness (QED) is 0.876. The van der Waals surface area contributed by atoms with Crippen molar-refractivity contribution in [3.8, 4) is 0 Å². The molecule has 0 saturated carbocycles. The van der Waals surface area contributed by atoms with Crippen LogP contribution in [0.15, 0.2) is 22.8 Å². The zero-order chi connectivity index (χ0) is 15.4. The number of nitrogens with two attached hydrogens (primary N) is 1. The molecule has 7 heteroatoms. The average Bonchev–Trinajstić information content (AvgIpc) is 2.87. The molecule has 0 fully saturated rings. The highest BCUT2D eigenvalue weighted by molar-refractivity contribution is 5.82. The predicted molar refractivity (Wildman–Crippen MR) is 67.6 cm³/mol. The van der Waals surface area contributed by atoms with E-state index in [1.807, 2.05) is 0 Å². The van der Waals surface area contributed by atoms with Gasteiger partial charge in [-0.05, 0) is 25.5 Å².